The summed E-state index contributed by atoms with van der Waals surface area (Å²) in [6, 6.07) is 5.27. The number of hydrogen-bond acceptors (Lipinski definition) is 2. The van der Waals surface area contributed by atoms with E-state index >= 15 is 0 Å². The van der Waals surface area contributed by atoms with Gasteiger partial charge in [0.25, 0.3) is 0 Å². The molecule has 3 heteroatoms. The molecule has 1 aromatic carbocycles. The van der Waals surface area contributed by atoms with Crippen molar-refractivity contribution in [2.24, 2.45) is 0 Å². The Morgan fingerprint density at radius 1 is 1.50 bits per heavy atom. The van der Waals surface area contributed by atoms with E-state index in [9.17, 15) is 4.39 Å². The lowest BCUT2D eigenvalue weighted by atomic mass is 10.1. The fourth-order valence-corrected chi connectivity index (χ4v) is 1.66. The number of benzene rings is 1. The summed E-state index contributed by atoms with van der Waals surface area (Å²) < 4.78 is 19.0. The van der Waals surface area contributed by atoms with Crippen molar-refractivity contribution in [1.82, 2.24) is 5.32 Å². The molecule has 1 aromatic rings. The molecule has 2 rings (SSSR count). The number of nitrogens with one attached hydrogen (secondary N) is 1. The Bertz CT molecular complexity index is 321. The number of ether oxygens (including phenoxy) is 1. The van der Waals surface area contributed by atoms with Crippen LogP contribution in [0.15, 0.2) is 18.2 Å². The van der Waals surface area contributed by atoms with Crippen LogP contribution >= 0.6 is 0 Å². The van der Waals surface area contributed by atoms with Crippen LogP contribution in [0, 0.1) is 12.7 Å². The molecule has 1 aliphatic heterocycles. The third kappa shape index (κ3) is 1.94. The quantitative estimate of drug-likeness (QED) is 0.737. The van der Waals surface area contributed by atoms with E-state index in [1.165, 1.54) is 0 Å². The Hall–Kier alpha value is -0.930. The molecule has 1 fully saturated rings. The summed E-state index contributed by atoms with van der Waals surface area (Å²) in [7, 11) is 0. The number of aryl methyl sites for hydroxylation is 1. The van der Waals surface area contributed by atoms with Crippen molar-refractivity contribution >= 4 is 0 Å². The van der Waals surface area contributed by atoms with Gasteiger partial charge in [0.05, 0.1) is 12.7 Å². The van der Waals surface area contributed by atoms with E-state index in [1.807, 2.05) is 19.1 Å². The van der Waals surface area contributed by atoms with E-state index in [2.05, 4.69) is 5.32 Å². The Kier molecular flexibility index (Phi) is 2.79. The van der Waals surface area contributed by atoms with Crippen LogP contribution in [-0.4, -0.2) is 19.7 Å². The maximum Gasteiger partial charge on any atom is 0.129 e. The molecule has 1 atom stereocenters. The molecule has 0 radical (unpaired) electrons. The minimum atomic E-state index is -0.168. The lowest BCUT2D eigenvalue weighted by Gasteiger charge is -2.24. The van der Waals surface area contributed by atoms with Crippen molar-refractivity contribution in [2.45, 2.75) is 13.0 Å². The first-order valence-electron chi connectivity index (χ1n) is 4.86. The summed E-state index contributed by atoms with van der Waals surface area (Å²) in [5.41, 5.74) is 1.60. The van der Waals surface area contributed by atoms with Crippen LogP contribution in [0.4, 0.5) is 4.39 Å². The summed E-state index contributed by atoms with van der Waals surface area (Å²) in [5, 5.41) is 3.18. The minimum absolute atomic E-state index is 0.135. The average Bonchev–Trinajstić information content (AvgIpc) is 2.19. The fraction of sp³-hybridized carbons (Fsp3) is 0.455. The van der Waals surface area contributed by atoms with Gasteiger partial charge in [0, 0.05) is 18.7 Å². The zero-order valence-corrected chi connectivity index (χ0v) is 8.22. The van der Waals surface area contributed by atoms with E-state index in [1.54, 1.807) is 6.07 Å². The SMILES string of the molecule is Cc1ccc([C@@H]2CNCCO2)c(F)c1. The van der Waals surface area contributed by atoms with Gasteiger partial charge in [-0.1, -0.05) is 12.1 Å². The van der Waals surface area contributed by atoms with E-state index in [0.717, 1.165) is 12.1 Å². The molecule has 0 bridgehead atoms. The first-order valence-corrected chi connectivity index (χ1v) is 4.86. The standard InChI is InChI=1S/C11H14FNO/c1-8-2-3-9(10(12)6-8)11-7-13-4-5-14-11/h2-3,6,11,13H,4-5,7H2,1H3/t11-/m0/s1. The van der Waals surface area contributed by atoms with Crippen molar-refractivity contribution in [3.63, 3.8) is 0 Å². The molecular formula is C11H14FNO. The number of hydrogen-bond donors (Lipinski definition) is 1. The molecule has 0 saturated carbocycles. The van der Waals surface area contributed by atoms with Crippen molar-refractivity contribution in [2.75, 3.05) is 19.7 Å². The summed E-state index contributed by atoms with van der Waals surface area (Å²) in [5.74, 6) is -0.168. The predicted octanol–water partition coefficient (Wildman–Crippen LogP) is 1.80. The van der Waals surface area contributed by atoms with Crippen molar-refractivity contribution in [3.05, 3.63) is 35.1 Å². The summed E-state index contributed by atoms with van der Waals surface area (Å²) in [4.78, 5) is 0. The van der Waals surface area contributed by atoms with Crippen LogP contribution in [0.25, 0.3) is 0 Å². The maximum atomic E-state index is 13.5. The van der Waals surface area contributed by atoms with Gasteiger partial charge in [0.1, 0.15) is 5.82 Å². The van der Waals surface area contributed by atoms with Crippen LogP contribution < -0.4 is 5.32 Å². The highest BCUT2D eigenvalue weighted by Crippen LogP contribution is 2.22. The molecule has 1 aliphatic rings. The predicted molar refractivity (Wildman–Crippen MR) is 52.7 cm³/mol. The lowest BCUT2D eigenvalue weighted by molar-refractivity contribution is 0.0255. The van der Waals surface area contributed by atoms with Crippen LogP contribution in [0.1, 0.15) is 17.2 Å². The third-order valence-corrected chi connectivity index (χ3v) is 2.43. The topological polar surface area (TPSA) is 21.3 Å². The van der Waals surface area contributed by atoms with E-state index < -0.39 is 0 Å². The van der Waals surface area contributed by atoms with E-state index in [4.69, 9.17) is 4.74 Å². The second-order valence-electron chi connectivity index (χ2n) is 3.59. The average molecular weight is 195 g/mol. The first kappa shape index (κ1) is 9.62. The lowest BCUT2D eigenvalue weighted by Crippen LogP contribution is -2.33. The Balaban J connectivity index is 2.22. The largest absolute Gasteiger partial charge is 0.371 e. The highest BCUT2D eigenvalue weighted by Gasteiger charge is 2.18. The van der Waals surface area contributed by atoms with E-state index in [0.29, 0.717) is 18.7 Å². The summed E-state index contributed by atoms with van der Waals surface area (Å²) in [6.07, 6.45) is -0.135. The van der Waals surface area contributed by atoms with E-state index in [-0.39, 0.29) is 11.9 Å². The molecule has 0 amide bonds. The van der Waals surface area contributed by atoms with Crippen LogP contribution in [0.5, 0.6) is 0 Å². The Labute approximate surface area is 83.1 Å². The first-order chi connectivity index (χ1) is 6.77. The van der Waals surface area contributed by atoms with Gasteiger partial charge in [0.2, 0.25) is 0 Å². The molecule has 76 valence electrons. The zero-order valence-electron chi connectivity index (χ0n) is 8.22. The third-order valence-electron chi connectivity index (χ3n) is 2.43. The van der Waals surface area contributed by atoms with Gasteiger partial charge in [-0.2, -0.15) is 0 Å². The highest BCUT2D eigenvalue weighted by atomic mass is 19.1. The molecule has 14 heavy (non-hydrogen) atoms. The van der Waals surface area contributed by atoms with Gasteiger partial charge >= 0.3 is 0 Å². The van der Waals surface area contributed by atoms with Gasteiger partial charge in [0.15, 0.2) is 0 Å². The minimum Gasteiger partial charge on any atom is -0.371 e. The molecule has 2 nitrogen and oxygen atoms in total. The van der Waals surface area contributed by atoms with Gasteiger partial charge in [-0.25, -0.2) is 4.39 Å². The number of halogens is 1. The second-order valence-corrected chi connectivity index (χ2v) is 3.59. The molecule has 0 unspecified atom stereocenters. The Morgan fingerprint density at radius 2 is 2.36 bits per heavy atom. The number of morpholine rings is 1. The highest BCUT2D eigenvalue weighted by molar-refractivity contribution is 5.25. The van der Waals surface area contributed by atoms with Gasteiger partial charge in [-0.05, 0) is 18.6 Å². The zero-order chi connectivity index (χ0) is 9.97. The van der Waals surface area contributed by atoms with Crippen LogP contribution in [0.3, 0.4) is 0 Å². The molecular weight excluding hydrogens is 181 g/mol. The van der Waals surface area contributed by atoms with Crippen molar-refractivity contribution in [3.8, 4) is 0 Å². The maximum absolute atomic E-state index is 13.5. The molecule has 0 spiro atoms. The van der Waals surface area contributed by atoms with Gasteiger partial charge < -0.3 is 10.1 Å². The van der Waals surface area contributed by atoms with Gasteiger partial charge in [-0.15, -0.1) is 0 Å². The Morgan fingerprint density at radius 3 is 3.00 bits per heavy atom. The number of rotatable bonds is 1. The molecule has 1 N–H and O–H groups in total. The normalized spacial score (nSPS) is 22.3. The summed E-state index contributed by atoms with van der Waals surface area (Å²) in [6.45, 7) is 4.08. The van der Waals surface area contributed by atoms with Crippen LogP contribution in [-0.2, 0) is 4.74 Å². The second kappa shape index (κ2) is 4.07. The smallest absolute Gasteiger partial charge is 0.129 e. The van der Waals surface area contributed by atoms with Crippen LogP contribution in [0.2, 0.25) is 0 Å². The molecule has 0 aliphatic carbocycles. The van der Waals surface area contributed by atoms with Crippen molar-refractivity contribution in [1.29, 1.82) is 0 Å². The molecule has 0 aromatic heterocycles. The summed E-state index contributed by atoms with van der Waals surface area (Å²) >= 11 is 0. The van der Waals surface area contributed by atoms with Crippen molar-refractivity contribution < 1.29 is 9.13 Å². The molecule has 1 heterocycles. The van der Waals surface area contributed by atoms with Gasteiger partial charge in [-0.3, -0.25) is 0 Å². The molecule has 1 saturated heterocycles. The fourth-order valence-electron chi connectivity index (χ4n) is 1.66. The monoisotopic (exact) mass is 195 g/mol.